The van der Waals surface area contributed by atoms with Crippen molar-refractivity contribution in [3.8, 4) is 51.2 Å². The van der Waals surface area contributed by atoms with E-state index in [1.54, 1.807) is 0 Å². The fourth-order valence-electron chi connectivity index (χ4n) is 11.2. The molecule has 15 rings (SSSR count). The minimum Gasteiger partial charge on any atom is -0.456 e. The zero-order valence-corrected chi connectivity index (χ0v) is 37.5. The third-order valence-corrected chi connectivity index (χ3v) is 14.1. The van der Waals surface area contributed by atoms with Crippen molar-refractivity contribution in [2.45, 2.75) is 0 Å². The second-order valence-corrected chi connectivity index (χ2v) is 17.9. The van der Waals surface area contributed by atoms with Crippen LogP contribution in [0.5, 0.6) is 0 Å². The summed E-state index contributed by atoms with van der Waals surface area (Å²) >= 11 is 0. The molecule has 5 heterocycles. The van der Waals surface area contributed by atoms with Crippen molar-refractivity contribution in [1.29, 1.82) is 0 Å². The largest absolute Gasteiger partial charge is 0.456 e. The lowest BCUT2D eigenvalue weighted by molar-refractivity contribution is 0.669. The highest BCUT2D eigenvalue weighted by atomic mass is 16.3. The maximum absolute atomic E-state index is 6.75. The average molecular weight is 895 g/mol. The summed E-state index contributed by atoms with van der Waals surface area (Å²) in [5.74, 6) is 1.73. The van der Waals surface area contributed by atoms with Gasteiger partial charge in [0.1, 0.15) is 11.2 Å². The smallest absolute Gasteiger partial charge is 0.238 e. The fraction of sp³-hybridized carbons (Fsp3) is 0. The molecule has 0 saturated heterocycles. The molecule has 0 N–H and O–H groups in total. The average Bonchev–Trinajstić information content (AvgIpc) is 4.18. The van der Waals surface area contributed by atoms with Crippen molar-refractivity contribution < 1.29 is 4.42 Å². The minimum atomic E-state index is 0.556. The summed E-state index contributed by atoms with van der Waals surface area (Å²) in [5.41, 5.74) is 14.5. The van der Waals surface area contributed by atoms with E-state index in [2.05, 4.69) is 226 Å². The van der Waals surface area contributed by atoms with E-state index in [0.29, 0.717) is 17.6 Å². The van der Waals surface area contributed by atoms with E-state index < -0.39 is 0 Å². The van der Waals surface area contributed by atoms with Crippen LogP contribution in [0.1, 0.15) is 0 Å². The number of benzene rings is 10. The Balaban J connectivity index is 0.980. The van der Waals surface area contributed by atoms with Gasteiger partial charge in [-0.15, -0.1) is 0 Å². The lowest BCUT2D eigenvalue weighted by Gasteiger charge is -2.14. The van der Waals surface area contributed by atoms with Crippen LogP contribution in [0.2, 0.25) is 0 Å². The third-order valence-electron chi connectivity index (χ3n) is 14.1. The van der Waals surface area contributed by atoms with Crippen molar-refractivity contribution in [3.63, 3.8) is 0 Å². The maximum Gasteiger partial charge on any atom is 0.238 e. The first-order valence-electron chi connectivity index (χ1n) is 23.6. The highest BCUT2D eigenvalue weighted by Gasteiger charge is 2.24. The van der Waals surface area contributed by atoms with Gasteiger partial charge in [0.2, 0.25) is 5.95 Å². The molecule has 7 nitrogen and oxygen atoms in total. The quantitative estimate of drug-likeness (QED) is 0.167. The van der Waals surface area contributed by atoms with Gasteiger partial charge in [0.25, 0.3) is 0 Å². The molecule has 5 aromatic heterocycles. The number of fused-ring (bicyclic) bond motifs is 12. The number of nitrogens with zero attached hydrogens (tertiary/aromatic N) is 6. The molecule has 0 aliphatic rings. The predicted molar refractivity (Wildman–Crippen MR) is 286 cm³/mol. The Morgan fingerprint density at radius 1 is 0.314 bits per heavy atom. The summed E-state index contributed by atoms with van der Waals surface area (Å²) in [4.78, 5) is 15.7. The van der Waals surface area contributed by atoms with Crippen LogP contribution >= 0.6 is 0 Å². The van der Waals surface area contributed by atoms with Gasteiger partial charge in [-0.25, -0.2) is 4.98 Å². The molecule has 7 heteroatoms. The van der Waals surface area contributed by atoms with Gasteiger partial charge in [0.15, 0.2) is 11.6 Å². The summed E-state index contributed by atoms with van der Waals surface area (Å²) in [6.07, 6.45) is 0. The van der Waals surface area contributed by atoms with E-state index in [9.17, 15) is 0 Å². The molecule has 0 radical (unpaired) electrons. The molecule has 0 saturated carbocycles. The van der Waals surface area contributed by atoms with E-state index in [0.717, 1.165) is 93.9 Å². The van der Waals surface area contributed by atoms with Crippen LogP contribution in [0.4, 0.5) is 0 Å². The fourth-order valence-corrected chi connectivity index (χ4v) is 11.2. The van der Waals surface area contributed by atoms with E-state index in [1.807, 2.05) is 18.2 Å². The summed E-state index contributed by atoms with van der Waals surface area (Å²) in [6.45, 7) is 0. The lowest BCUT2D eigenvalue weighted by Crippen LogP contribution is -2.06. The first-order chi connectivity index (χ1) is 34.7. The molecule has 10 aromatic carbocycles. The van der Waals surface area contributed by atoms with Crippen molar-refractivity contribution in [2.75, 3.05) is 0 Å². The van der Waals surface area contributed by atoms with Crippen LogP contribution in [-0.2, 0) is 0 Å². The minimum absolute atomic E-state index is 0.556. The number of para-hydroxylation sites is 6. The number of furan rings is 1. The normalized spacial score (nSPS) is 12.0. The number of rotatable bonds is 6. The summed E-state index contributed by atoms with van der Waals surface area (Å²) in [5, 5.41) is 9.07. The van der Waals surface area contributed by atoms with Gasteiger partial charge in [-0.1, -0.05) is 158 Å². The number of hydrogen-bond acceptors (Lipinski definition) is 4. The Morgan fingerprint density at radius 2 is 0.857 bits per heavy atom. The molecule has 0 unspecified atom stereocenters. The number of hydrogen-bond donors (Lipinski definition) is 0. The van der Waals surface area contributed by atoms with Gasteiger partial charge in [-0.3, -0.25) is 4.57 Å². The topological polar surface area (TPSA) is 66.6 Å². The standard InChI is InChI=1S/C63H38N6O/c1-3-18-39(19-4-1)61-64-62(66-63(65-61)69-51-30-12-7-22-42(51)43-23-8-13-31-52(43)69)40-36-37-56-49(38-40)58-45(26-16-35-57(58)70-56)47-28-15-27-46-44-24-9-11-29-50(44)68(60(46)47)55-34-17-33-54-59(55)48-25-10-14-32-53(48)67(54)41-20-5-2-6-21-41/h1-38H. The van der Waals surface area contributed by atoms with Crippen LogP contribution in [0.15, 0.2) is 235 Å². The Labute approximate surface area is 400 Å². The molecular weight excluding hydrogens is 857 g/mol. The van der Waals surface area contributed by atoms with Gasteiger partial charge in [0, 0.05) is 65.5 Å². The molecule has 0 atom stereocenters. The molecule has 326 valence electrons. The molecule has 70 heavy (non-hydrogen) atoms. The zero-order chi connectivity index (χ0) is 45.9. The molecule has 15 aromatic rings. The Bertz CT molecular complexity index is 4540. The molecule has 0 aliphatic carbocycles. The molecule has 0 fully saturated rings. The van der Waals surface area contributed by atoms with Crippen molar-refractivity contribution >= 4 is 87.4 Å². The first kappa shape index (κ1) is 38.5. The van der Waals surface area contributed by atoms with E-state index in [1.165, 1.54) is 27.1 Å². The summed E-state index contributed by atoms with van der Waals surface area (Å²) in [7, 11) is 0. The Kier molecular flexibility index (Phi) is 8.23. The second-order valence-electron chi connectivity index (χ2n) is 17.9. The lowest BCUT2D eigenvalue weighted by atomic mass is 9.96. The first-order valence-corrected chi connectivity index (χ1v) is 23.6. The zero-order valence-electron chi connectivity index (χ0n) is 37.5. The van der Waals surface area contributed by atoms with E-state index in [-0.39, 0.29) is 0 Å². The highest BCUT2D eigenvalue weighted by Crippen LogP contribution is 2.46. The van der Waals surface area contributed by atoms with Crippen molar-refractivity contribution in [3.05, 3.63) is 231 Å². The predicted octanol–water partition coefficient (Wildman–Crippen LogP) is 16.1. The third kappa shape index (κ3) is 5.60. The van der Waals surface area contributed by atoms with Gasteiger partial charge in [-0.05, 0) is 78.4 Å². The number of aromatic nitrogens is 6. The molecule has 0 bridgehead atoms. The van der Waals surface area contributed by atoms with Crippen LogP contribution < -0.4 is 0 Å². The van der Waals surface area contributed by atoms with Gasteiger partial charge in [-0.2, -0.15) is 9.97 Å². The Morgan fingerprint density at radius 3 is 1.59 bits per heavy atom. The Hall–Kier alpha value is -9.59. The monoisotopic (exact) mass is 894 g/mol. The van der Waals surface area contributed by atoms with Gasteiger partial charge in [0.05, 0.1) is 38.8 Å². The van der Waals surface area contributed by atoms with Crippen LogP contribution in [-0.4, -0.2) is 28.7 Å². The summed E-state index contributed by atoms with van der Waals surface area (Å²) in [6, 6.07) is 81.4. The van der Waals surface area contributed by atoms with Crippen LogP contribution in [0.25, 0.3) is 139 Å². The van der Waals surface area contributed by atoms with Gasteiger partial charge >= 0.3 is 0 Å². The SMILES string of the molecule is c1ccc(-c2nc(-c3ccc4oc5cccc(-c6cccc7c8ccccc8n(-c8cccc9c8c8ccccc8n9-c8ccccc8)c67)c5c4c3)nc(-n3c4ccccc4c4ccccc43)n2)cc1. The molecule has 0 amide bonds. The van der Waals surface area contributed by atoms with Crippen LogP contribution in [0, 0.1) is 0 Å². The highest BCUT2D eigenvalue weighted by molar-refractivity contribution is 6.21. The molecule has 0 aliphatic heterocycles. The van der Waals surface area contributed by atoms with Crippen LogP contribution in [0.3, 0.4) is 0 Å². The van der Waals surface area contributed by atoms with Crippen molar-refractivity contribution in [2.24, 2.45) is 0 Å². The van der Waals surface area contributed by atoms with E-state index in [4.69, 9.17) is 19.4 Å². The maximum atomic E-state index is 6.75. The summed E-state index contributed by atoms with van der Waals surface area (Å²) < 4.78 is 13.8. The van der Waals surface area contributed by atoms with Gasteiger partial charge < -0.3 is 13.6 Å². The van der Waals surface area contributed by atoms with E-state index >= 15 is 0 Å². The second kappa shape index (κ2) is 15.0. The van der Waals surface area contributed by atoms with Crippen molar-refractivity contribution in [1.82, 2.24) is 28.7 Å². The molecule has 0 spiro atoms. The molecular formula is C63H38N6O.